The lowest BCUT2D eigenvalue weighted by atomic mass is 10.4. The predicted octanol–water partition coefficient (Wildman–Crippen LogP) is 0.942. The molecule has 4 nitrogen and oxygen atoms in total. The van der Waals surface area contributed by atoms with E-state index in [-0.39, 0.29) is 6.61 Å². The summed E-state index contributed by atoms with van der Waals surface area (Å²) in [4.78, 5) is 9.87. The zero-order valence-electron chi connectivity index (χ0n) is 9.82. The molecule has 0 aliphatic rings. The highest BCUT2D eigenvalue weighted by Gasteiger charge is 2.10. The molecule has 86 valence electrons. The highest BCUT2D eigenvalue weighted by Crippen LogP contribution is 2.25. The Labute approximate surface area is 95.2 Å². The first kappa shape index (κ1) is 12.4. The van der Waals surface area contributed by atoms with Crippen molar-refractivity contribution in [3.05, 3.63) is 10.6 Å². The van der Waals surface area contributed by atoms with Gasteiger partial charge in [-0.25, -0.2) is 4.98 Å². The molecule has 1 heterocycles. The molecule has 1 N–H and O–H groups in total. The van der Waals surface area contributed by atoms with Crippen LogP contribution in [-0.2, 0) is 6.54 Å². The van der Waals surface area contributed by atoms with Gasteiger partial charge in [0.1, 0.15) is 0 Å². The minimum atomic E-state index is 0.203. The van der Waals surface area contributed by atoms with Gasteiger partial charge in [-0.15, -0.1) is 11.3 Å². The van der Waals surface area contributed by atoms with Gasteiger partial charge in [-0.3, -0.25) is 4.90 Å². The molecule has 0 unspecified atom stereocenters. The van der Waals surface area contributed by atoms with Crippen molar-refractivity contribution in [1.82, 2.24) is 9.88 Å². The molecule has 0 radical (unpaired) electrons. The van der Waals surface area contributed by atoms with Crippen molar-refractivity contribution < 1.29 is 5.11 Å². The van der Waals surface area contributed by atoms with Gasteiger partial charge in [0.25, 0.3) is 0 Å². The first-order valence-electron chi connectivity index (χ1n) is 4.97. The Bertz CT molecular complexity index is 312. The maximum atomic E-state index is 8.82. The summed E-state index contributed by atoms with van der Waals surface area (Å²) in [5, 5.41) is 9.86. The van der Waals surface area contributed by atoms with E-state index >= 15 is 0 Å². The first-order chi connectivity index (χ1) is 7.04. The lowest BCUT2D eigenvalue weighted by molar-refractivity contribution is 0.218. The quantitative estimate of drug-likeness (QED) is 0.816. The van der Waals surface area contributed by atoms with Gasteiger partial charge >= 0.3 is 0 Å². The van der Waals surface area contributed by atoms with E-state index in [0.29, 0.717) is 6.54 Å². The van der Waals surface area contributed by atoms with Crippen LogP contribution in [0.1, 0.15) is 10.6 Å². The third-order valence-electron chi connectivity index (χ3n) is 2.16. The summed E-state index contributed by atoms with van der Waals surface area (Å²) >= 11 is 1.71. The Balaban J connectivity index is 2.68. The number of aliphatic hydroxyl groups is 1. The normalized spacial score (nSPS) is 11.1. The first-order valence-corrected chi connectivity index (χ1v) is 5.79. The van der Waals surface area contributed by atoms with E-state index in [1.807, 2.05) is 33.0 Å². The van der Waals surface area contributed by atoms with Crippen LogP contribution in [0.15, 0.2) is 0 Å². The molecule has 0 saturated carbocycles. The van der Waals surface area contributed by atoms with Crippen LogP contribution in [0.2, 0.25) is 0 Å². The van der Waals surface area contributed by atoms with Crippen molar-refractivity contribution in [2.24, 2.45) is 0 Å². The lowest BCUT2D eigenvalue weighted by Crippen LogP contribution is -2.21. The van der Waals surface area contributed by atoms with Gasteiger partial charge in [0.05, 0.1) is 12.3 Å². The summed E-state index contributed by atoms with van der Waals surface area (Å²) in [6.45, 7) is 3.80. The highest BCUT2D eigenvalue weighted by molar-refractivity contribution is 7.15. The van der Waals surface area contributed by atoms with Crippen molar-refractivity contribution >= 4 is 16.5 Å². The molecule has 0 aliphatic heterocycles. The summed E-state index contributed by atoms with van der Waals surface area (Å²) in [7, 11) is 6.00. The van der Waals surface area contributed by atoms with Crippen molar-refractivity contribution in [3.63, 3.8) is 0 Å². The topological polar surface area (TPSA) is 39.6 Å². The molecule has 0 bridgehead atoms. The maximum Gasteiger partial charge on any atom is 0.185 e. The molecule has 0 aliphatic carbocycles. The van der Waals surface area contributed by atoms with Gasteiger partial charge in [0, 0.05) is 32.1 Å². The molecule has 0 saturated heterocycles. The molecule has 0 atom stereocenters. The van der Waals surface area contributed by atoms with Crippen molar-refractivity contribution in [1.29, 1.82) is 0 Å². The fraction of sp³-hybridized carbons (Fsp3) is 0.700. The monoisotopic (exact) mass is 229 g/mol. The van der Waals surface area contributed by atoms with Crippen molar-refractivity contribution in [2.45, 2.75) is 13.5 Å². The summed E-state index contributed by atoms with van der Waals surface area (Å²) in [5.74, 6) is 0. The Morgan fingerprint density at radius 2 is 2.00 bits per heavy atom. The van der Waals surface area contributed by atoms with E-state index in [9.17, 15) is 0 Å². The number of likely N-dealkylation sites (N-methyl/N-ethyl adjacent to an activating group) is 1. The number of rotatable bonds is 5. The molecule has 0 fully saturated rings. The Kier molecular flexibility index (Phi) is 4.50. The van der Waals surface area contributed by atoms with E-state index in [4.69, 9.17) is 5.11 Å². The maximum absolute atomic E-state index is 8.82. The summed E-state index contributed by atoms with van der Waals surface area (Å²) in [6.07, 6.45) is 0. The second-order valence-electron chi connectivity index (χ2n) is 3.86. The molecule has 1 aromatic heterocycles. The fourth-order valence-corrected chi connectivity index (χ4v) is 2.31. The van der Waals surface area contributed by atoms with E-state index in [1.54, 1.807) is 11.3 Å². The van der Waals surface area contributed by atoms with Gasteiger partial charge in [-0.2, -0.15) is 0 Å². The van der Waals surface area contributed by atoms with E-state index in [2.05, 4.69) is 9.88 Å². The minimum Gasteiger partial charge on any atom is -0.395 e. The molecule has 1 rings (SSSR count). The fourth-order valence-electron chi connectivity index (χ4n) is 1.25. The average Bonchev–Trinajstić information content (AvgIpc) is 2.48. The Hall–Kier alpha value is -0.650. The number of nitrogens with zero attached hydrogens (tertiary/aromatic N) is 3. The molecule has 0 spiro atoms. The van der Waals surface area contributed by atoms with Crippen LogP contribution in [0.5, 0.6) is 0 Å². The molecule has 1 aromatic rings. The highest BCUT2D eigenvalue weighted by atomic mass is 32.1. The number of aryl methyl sites for hydroxylation is 1. The number of aromatic nitrogens is 1. The standard InChI is InChI=1S/C10H19N3OS/c1-8-9(7-13(4)5-6-14)15-10(11-8)12(2)3/h14H,5-7H2,1-4H3. The second-order valence-corrected chi connectivity index (χ2v) is 4.92. The SMILES string of the molecule is Cc1nc(N(C)C)sc1CN(C)CCO. The number of anilines is 1. The van der Waals surface area contributed by atoms with Gasteiger partial charge in [0.2, 0.25) is 0 Å². The number of thiazole rings is 1. The van der Waals surface area contributed by atoms with Gasteiger partial charge in [-0.1, -0.05) is 0 Å². The average molecular weight is 229 g/mol. The minimum absolute atomic E-state index is 0.203. The second kappa shape index (κ2) is 5.44. The van der Waals surface area contributed by atoms with Gasteiger partial charge in [-0.05, 0) is 14.0 Å². The zero-order chi connectivity index (χ0) is 11.4. The summed E-state index contributed by atoms with van der Waals surface area (Å²) in [5.41, 5.74) is 1.09. The van der Waals surface area contributed by atoms with Gasteiger partial charge < -0.3 is 10.0 Å². The molecule has 5 heteroatoms. The van der Waals surface area contributed by atoms with Crippen LogP contribution in [0.3, 0.4) is 0 Å². The third kappa shape index (κ3) is 3.44. The molecular weight excluding hydrogens is 210 g/mol. The number of aliphatic hydroxyl groups excluding tert-OH is 1. The van der Waals surface area contributed by atoms with Crippen LogP contribution >= 0.6 is 11.3 Å². The van der Waals surface area contributed by atoms with E-state index in [0.717, 1.165) is 17.4 Å². The Morgan fingerprint density at radius 1 is 1.33 bits per heavy atom. The van der Waals surface area contributed by atoms with Crippen LogP contribution in [0, 0.1) is 6.92 Å². The molecule has 0 amide bonds. The summed E-state index contributed by atoms with van der Waals surface area (Å²) in [6, 6.07) is 0. The predicted molar refractivity (Wildman–Crippen MR) is 64.6 cm³/mol. The van der Waals surface area contributed by atoms with E-state index in [1.165, 1.54) is 4.88 Å². The van der Waals surface area contributed by atoms with Crippen LogP contribution in [0.4, 0.5) is 5.13 Å². The van der Waals surface area contributed by atoms with Crippen molar-refractivity contribution in [2.75, 3.05) is 39.2 Å². The molecular formula is C10H19N3OS. The molecule has 0 aromatic carbocycles. The van der Waals surface area contributed by atoms with E-state index < -0.39 is 0 Å². The largest absolute Gasteiger partial charge is 0.395 e. The summed E-state index contributed by atoms with van der Waals surface area (Å²) < 4.78 is 0. The van der Waals surface area contributed by atoms with Crippen molar-refractivity contribution in [3.8, 4) is 0 Å². The zero-order valence-corrected chi connectivity index (χ0v) is 10.6. The number of hydrogen-bond donors (Lipinski definition) is 1. The lowest BCUT2D eigenvalue weighted by Gasteiger charge is -2.13. The smallest absolute Gasteiger partial charge is 0.185 e. The third-order valence-corrected chi connectivity index (χ3v) is 3.47. The van der Waals surface area contributed by atoms with Crippen LogP contribution in [0.25, 0.3) is 0 Å². The number of hydrogen-bond acceptors (Lipinski definition) is 5. The Morgan fingerprint density at radius 3 is 2.47 bits per heavy atom. The molecule has 15 heavy (non-hydrogen) atoms. The van der Waals surface area contributed by atoms with Crippen LogP contribution < -0.4 is 4.90 Å². The van der Waals surface area contributed by atoms with Gasteiger partial charge in [0.15, 0.2) is 5.13 Å². The van der Waals surface area contributed by atoms with Crippen LogP contribution in [-0.4, -0.2) is 49.3 Å².